The van der Waals surface area contributed by atoms with Crippen molar-refractivity contribution in [2.24, 2.45) is 0 Å². The lowest BCUT2D eigenvalue weighted by Gasteiger charge is -2.21. The zero-order valence-corrected chi connectivity index (χ0v) is 13.5. The van der Waals surface area contributed by atoms with Crippen molar-refractivity contribution in [3.8, 4) is 11.3 Å². The molecule has 1 aromatic carbocycles. The monoisotopic (exact) mass is 308 g/mol. The smallest absolute Gasteiger partial charge is 0.227 e. The zero-order valence-electron chi connectivity index (χ0n) is 13.5. The van der Waals surface area contributed by atoms with Crippen LogP contribution in [0.15, 0.2) is 36.4 Å². The molecule has 4 rings (SSSR count). The molecule has 23 heavy (non-hydrogen) atoms. The Morgan fingerprint density at radius 3 is 2.35 bits per heavy atom. The summed E-state index contributed by atoms with van der Waals surface area (Å²) in [6.07, 6.45) is 7.63. The quantitative estimate of drug-likeness (QED) is 0.923. The fraction of sp³-hybridized carbons (Fsp3) is 0.474. The van der Waals surface area contributed by atoms with Crippen molar-refractivity contribution in [2.75, 3.05) is 23.3 Å². The molecule has 0 spiro atoms. The number of nitrogens with one attached hydrogen (secondary N) is 1. The maximum Gasteiger partial charge on any atom is 0.227 e. The average molecular weight is 308 g/mol. The molecule has 1 saturated heterocycles. The second-order valence-corrected chi connectivity index (χ2v) is 6.62. The van der Waals surface area contributed by atoms with E-state index < -0.39 is 0 Å². The predicted octanol–water partition coefficient (Wildman–Crippen LogP) is 4.10. The molecule has 2 aromatic rings. The van der Waals surface area contributed by atoms with Gasteiger partial charge in [-0.2, -0.15) is 4.98 Å². The number of hydrogen-bond acceptors (Lipinski definition) is 4. The Labute approximate surface area is 138 Å². The van der Waals surface area contributed by atoms with Crippen molar-refractivity contribution in [3.63, 3.8) is 0 Å². The van der Waals surface area contributed by atoms with E-state index in [9.17, 15) is 0 Å². The Balaban J connectivity index is 1.68. The van der Waals surface area contributed by atoms with Crippen LogP contribution in [0.4, 0.5) is 11.8 Å². The molecule has 1 saturated carbocycles. The summed E-state index contributed by atoms with van der Waals surface area (Å²) < 4.78 is 0. The predicted molar refractivity (Wildman–Crippen MR) is 94.8 cm³/mol. The molecule has 1 aromatic heterocycles. The molecule has 0 atom stereocenters. The minimum Gasteiger partial charge on any atom is -0.367 e. The molecule has 0 unspecified atom stereocenters. The first kappa shape index (κ1) is 14.5. The molecule has 1 aliphatic heterocycles. The molecular formula is C19H24N4. The molecule has 1 N–H and O–H groups in total. The zero-order chi connectivity index (χ0) is 15.5. The van der Waals surface area contributed by atoms with Crippen LogP contribution in [-0.2, 0) is 0 Å². The van der Waals surface area contributed by atoms with Gasteiger partial charge in [-0.15, -0.1) is 0 Å². The van der Waals surface area contributed by atoms with E-state index >= 15 is 0 Å². The Morgan fingerprint density at radius 1 is 0.913 bits per heavy atom. The molecule has 0 amide bonds. The van der Waals surface area contributed by atoms with Crippen LogP contribution in [0.3, 0.4) is 0 Å². The molecule has 4 heteroatoms. The molecule has 0 radical (unpaired) electrons. The van der Waals surface area contributed by atoms with Crippen LogP contribution in [0, 0.1) is 0 Å². The largest absolute Gasteiger partial charge is 0.367 e. The normalized spacial score (nSPS) is 18.5. The first-order valence-electron chi connectivity index (χ1n) is 8.84. The standard InChI is InChI=1S/C19H24N4/c1-2-7-13-23(12-6-1)19-21-17(15-8-4-3-5-9-15)14-18(22-19)20-16-10-11-16/h3-5,8-9,14,16H,1-2,6-7,10-13H2,(H,20,21,22). The number of aromatic nitrogens is 2. The number of benzene rings is 1. The summed E-state index contributed by atoms with van der Waals surface area (Å²) in [5, 5.41) is 3.54. The van der Waals surface area contributed by atoms with E-state index in [0.717, 1.165) is 36.1 Å². The summed E-state index contributed by atoms with van der Waals surface area (Å²) in [4.78, 5) is 12.0. The fourth-order valence-corrected chi connectivity index (χ4v) is 3.11. The Morgan fingerprint density at radius 2 is 1.65 bits per heavy atom. The van der Waals surface area contributed by atoms with E-state index in [4.69, 9.17) is 9.97 Å². The van der Waals surface area contributed by atoms with Crippen LogP contribution >= 0.6 is 0 Å². The van der Waals surface area contributed by atoms with Gasteiger partial charge in [0.15, 0.2) is 0 Å². The lowest BCUT2D eigenvalue weighted by atomic mass is 10.1. The minimum absolute atomic E-state index is 0.602. The summed E-state index contributed by atoms with van der Waals surface area (Å²) in [5.41, 5.74) is 2.17. The average Bonchev–Trinajstić information content (AvgIpc) is 3.42. The van der Waals surface area contributed by atoms with Crippen LogP contribution < -0.4 is 10.2 Å². The van der Waals surface area contributed by atoms with E-state index in [1.165, 1.54) is 38.5 Å². The van der Waals surface area contributed by atoms with Gasteiger partial charge >= 0.3 is 0 Å². The second kappa shape index (κ2) is 6.57. The number of anilines is 2. The summed E-state index contributed by atoms with van der Waals surface area (Å²) in [7, 11) is 0. The van der Waals surface area contributed by atoms with Crippen LogP contribution in [0.1, 0.15) is 38.5 Å². The van der Waals surface area contributed by atoms with Crippen molar-refractivity contribution >= 4 is 11.8 Å². The van der Waals surface area contributed by atoms with Gasteiger partial charge in [-0.1, -0.05) is 43.2 Å². The fourth-order valence-electron chi connectivity index (χ4n) is 3.11. The van der Waals surface area contributed by atoms with Gasteiger partial charge in [0, 0.05) is 30.8 Å². The molecule has 120 valence electrons. The molecule has 0 bridgehead atoms. The van der Waals surface area contributed by atoms with Gasteiger partial charge in [-0.05, 0) is 25.7 Å². The first-order valence-corrected chi connectivity index (χ1v) is 8.84. The Hall–Kier alpha value is -2.10. The lowest BCUT2D eigenvalue weighted by molar-refractivity contribution is 0.726. The van der Waals surface area contributed by atoms with Gasteiger partial charge < -0.3 is 10.2 Å². The van der Waals surface area contributed by atoms with Gasteiger partial charge in [-0.3, -0.25) is 0 Å². The summed E-state index contributed by atoms with van der Waals surface area (Å²) in [6.45, 7) is 2.14. The highest BCUT2D eigenvalue weighted by Crippen LogP contribution is 2.28. The van der Waals surface area contributed by atoms with Crippen molar-refractivity contribution in [2.45, 2.75) is 44.6 Å². The summed E-state index contributed by atoms with van der Waals surface area (Å²) >= 11 is 0. The third-order valence-corrected chi connectivity index (χ3v) is 4.60. The Bertz CT molecular complexity index is 644. The molecule has 2 heterocycles. The van der Waals surface area contributed by atoms with E-state index in [0.29, 0.717) is 6.04 Å². The SMILES string of the molecule is c1ccc(-c2cc(NC3CC3)nc(N3CCCCCC3)n2)cc1. The van der Waals surface area contributed by atoms with Gasteiger partial charge in [-0.25, -0.2) is 4.98 Å². The highest BCUT2D eigenvalue weighted by atomic mass is 15.3. The van der Waals surface area contributed by atoms with Crippen molar-refractivity contribution in [3.05, 3.63) is 36.4 Å². The van der Waals surface area contributed by atoms with Crippen LogP contribution in [0.25, 0.3) is 11.3 Å². The number of rotatable bonds is 4. The van der Waals surface area contributed by atoms with Crippen LogP contribution in [0.5, 0.6) is 0 Å². The Kier molecular flexibility index (Phi) is 4.14. The maximum absolute atomic E-state index is 4.87. The molecular weight excluding hydrogens is 284 g/mol. The van der Waals surface area contributed by atoms with Gasteiger partial charge in [0.05, 0.1) is 5.69 Å². The molecule has 2 fully saturated rings. The third-order valence-electron chi connectivity index (χ3n) is 4.60. The lowest BCUT2D eigenvalue weighted by Crippen LogP contribution is -2.26. The second-order valence-electron chi connectivity index (χ2n) is 6.62. The highest BCUT2D eigenvalue weighted by Gasteiger charge is 2.23. The van der Waals surface area contributed by atoms with E-state index in [2.05, 4.69) is 40.5 Å². The van der Waals surface area contributed by atoms with Gasteiger partial charge in [0.1, 0.15) is 5.82 Å². The molecule has 1 aliphatic carbocycles. The number of hydrogen-bond donors (Lipinski definition) is 1. The minimum atomic E-state index is 0.602. The third kappa shape index (κ3) is 3.63. The van der Waals surface area contributed by atoms with E-state index in [1.54, 1.807) is 0 Å². The number of nitrogens with zero attached hydrogens (tertiary/aromatic N) is 3. The first-order chi connectivity index (χ1) is 11.4. The highest BCUT2D eigenvalue weighted by molar-refractivity contribution is 5.64. The van der Waals surface area contributed by atoms with Crippen molar-refractivity contribution in [1.82, 2.24) is 9.97 Å². The maximum atomic E-state index is 4.87. The molecule has 2 aliphatic rings. The van der Waals surface area contributed by atoms with Crippen LogP contribution in [-0.4, -0.2) is 29.1 Å². The van der Waals surface area contributed by atoms with Gasteiger partial charge in [0.2, 0.25) is 5.95 Å². The van der Waals surface area contributed by atoms with Crippen molar-refractivity contribution < 1.29 is 0 Å². The summed E-state index contributed by atoms with van der Waals surface area (Å²) in [5.74, 6) is 1.86. The molecule has 4 nitrogen and oxygen atoms in total. The van der Waals surface area contributed by atoms with Gasteiger partial charge in [0.25, 0.3) is 0 Å². The van der Waals surface area contributed by atoms with Crippen LogP contribution in [0.2, 0.25) is 0 Å². The summed E-state index contributed by atoms with van der Waals surface area (Å²) in [6, 6.07) is 13.1. The van der Waals surface area contributed by atoms with E-state index in [-0.39, 0.29) is 0 Å². The van der Waals surface area contributed by atoms with Crippen molar-refractivity contribution in [1.29, 1.82) is 0 Å². The van der Waals surface area contributed by atoms with E-state index in [1.807, 2.05) is 6.07 Å². The topological polar surface area (TPSA) is 41.1 Å².